The molecule has 0 bridgehead atoms. The summed E-state index contributed by atoms with van der Waals surface area (Å²) in [6.45, 7) is 17.7. The quantitative estimate of drug-likeness (QED) is 0.452. The Labute approximate surface area is 133 Å². The van der Waals surface area contributed by atoms with E-state index in [0.717, 1.165) is 10.1 Å². The molecule has 2 rings (SSSR count). The topological polar surface area (TPSA) is 72.1 Å². The second-order valence-electron chi connectivity index (χ2n) is 3.56. The van der Waals surface area contributed by atoms with Crippen LogP contribution in [0.1, 0.15) is 23.8 Å². The van der Waals surface area contributed by atoms with Crippen molar-refractivity contribution in [3.8, 4) is 0 Å². The summed E-state index contributed by atoms with van der Waals surface area (Å²) in [6.07, 6.45) is -0.897. The number of hydrogen-bond donors (Lipinski definition) is 0. The van der Waals surface area contributed by atoms with Gasteiger partial charge in [0.1, 0.15) is 0 Å². The number of aromatic nitrogens is 3. The molecule has 0 amide bonds. The van der Waals surface area contributed by atoms with E-state index in [1.165, 1.54) is 22.7 Å². The minimum atomic E-state index is -0.897. The van der Waals surface area contributed by atoms with Crippen molar-refractivity contribution in [3.63, 3.8) is 0 Å². The number of nitrogens with zero attached hydrogens (tertiary/aromatic N) is 7. The second-order valence-corrected chi connectivity index (χ2v) is 7.03. The molecule has 7 nitrogen and oxygen atoms in total. The molecule has 0 unspecified atom stereocenters. The number of rotatable bonds is 5. The van der Waals surface area contributed by atoms with Gasteiger partial charge in [-0.1, -0.05) is 41.4 Å². The van der Waals surface area contributed by atoms with E-state index < -0.39 is 6.17 Å². The van der Waals surface area contributed by atoms with Crippen LogP contribution in [-0.4, -0.2) is 20.9 Å². The SMILES string of the molecule is [C-]#[N+]C([N+]#[C-])c1nc(C)c(/N=N/c2nnc(SCC)s2)s1. The van der Waals surface area contributed by atoms with Gasteiger partial charge in [0.05, 0.1) is 5.69 Å². The van der Waals surface area contributed by atoms with Crippen molar-refractivity contribution in [1.29, 1.82) is 0 Å². The van der Waals surface area contributed by atoms with E-state index >= 15 is 0 Å². The molecule has 0 atom stereocenters. The molecule has 0 aliphatic carbocycles. The number of thioether (sulfide) groups is 1. The van der Waals surface area contributed by atoms with Crippen molar-refractivity contribution in [2.45, 2.75) is 24.4 Å². The van der Waals surface area contributed by atoms with Crippen LogP contribution in [-0.2, 0) is 0 Å². The van der Waals surface area contributed by atoms with Gasteiger partial charge >= 0.3 is 6.17 Å². The Morgan fingerprint density at radius 1 is 1.24 bits per heavy atom. The fourth-order valence-electron chi connectivity index (χ4n) is 1.26. The standard InChI is InChI=1S/C11H9N7S3/c1-5-19-11-18-17-10(21-11)16-15-8-6(2)14-9(20-8)7(12-3)13-4/h7H,5H2,1-2H3/b16-15+. The van der Waals surface area contributed by atoms with Crippen molar-refractivity contribution in [1.82, 2.24) is 15.2 Å². The summed E-state index contributed by atoms with van der Waals surface area (Å²) in [4.78, 5) is 10.6. The van der Waals surface area contributed by atoms with E-state index in [9.17, 15) is 0 Å². The van der Waals surface area contributed by atoms with Crippen LogP contribution < -0.4 is 0 Å². The molecule has 0 aromatic carbocycles. The highest BCUT2D eigenvalue weighted by Crippen LogP contribution is 2.35. The summed E-state index contributed by atoms with van der Waals surface area (Å²) >= 11 is 4.18. The molecule has 10 heteroatoms. The zero-order valence-corrected chi connectivity index (χ0v) is 13.6. The third-order valence-electron chi connectivity index (χ3n) is 2.14. The van der Waals surface area contributed by atoms with Gasteiger partial charge in [0.25, 0.3) is 10.1 Å². The van der Waals surface area contributed by atoms with E-state index in [4.69, 9.17) is 13.1 Å². The Morgan fingerprint density at radius 3 is 2.67 bits per heavy atom. The maximum atomic E-state index is 6.96. The largest absolute Gasteiger partial charge is 0.528 e. The highest BCUT2D eigenvalue weighted by molar-refractivity contribution is 8.01. The minimum Gasteiger partial charge on any atom is -0.229 e. The van der Waals surface area contributed by atoms with Crippen LogP contribution in [0.2, 0.25) is 0 Å². The molecule has 2 heterocycles. The van der Waals surface area contributed by atoms with Gasteiger partial charge in [-0.05, 0) is 12.7 Å². The van der Waals surface area contributed by atoms with Crippen LogP contribution in [0.5, 0.6) is 0 Å². The zero-order valence-electron chi connectivity index (χ0n) is 11.1. The van der Waals surface area contributed by atoms with E-state index in [0.29, 0.717) is 20.8 Å². The first kappa shape index (κ1) is 15.5. The lowest BCUT2D eigenvalue weighted by atomic mass is 10.5. The van der Waals surface area contributed by atoms with Gasteiger partial charge in [-0.15, -0.1) is 20.4 Å². The Kier molecular flexibility index (Phi) is 5.33. The molecule has 0 N–H and O–H groups in total. The summed E-state index contributed by atoms with van der Waals surface area (Å²) in [5, 5.41) is 17.6. The maximum absolute atomic E-state index is 6.96. The number of azo groups is 1. The molecular formula is C11H9N7S3. The number of thiazole rings is 1. The lowest BCUT2D eigenvalue weighted by molar-refractivity contribution is 0.993. The number of hydrogen-bond acceptors (Lipinski definition) is 8. The fraction of sp³-hybridized carbons (Fsp3) is 0.364. The minimum absolute atomic E-state index is 0.450. The van der Waals surface area contributed by atoms with Crippen molar-refractivity contribution >= 4 is 44.6 Å². The molecule has 0 spiro atoms. The van der Waals surface area contributed by atoms with Gasteiger partial charge in [-0.25, -0.2) is 27.8 Å². The average molecular weight is 335 g/mol. The van der Waals surface area contributed by atoms with E-state index in [2.05, 4.69) is 35.1 Å². The predicted octanol–water partition coefficient (Wildman–Crippen LogP) is 4.67. The predicted molar refractivity (Wildman–Crippen MR) is 83.3 cm³/mol. The first-order valence-corrected chi connectivity index (χ1v) is 8.38. The van der Waals surface area contributed by atoms with E-state index in [1.54, 1.807) is 18.7 Å². The van der Waals surface area contributed by atoms with Crippen molar-refractivity contribution < 1.29 is 0 Å². The lowest BCUT2D eigenvalue weighted by Gasteiger charge is -1.84. The van der Waals surface area contributed by atoms with Crippen molar-refractivity contribution in [2.75, 3.05) is 5.75 Å². The normalized spacial score (nSPS) is 10.9. The summed E-state index contributed by atoms with van der Waals surface area (Å²) in [7, 11) is 0. The van der Waals surface area contributed by atoms with Gasteiger partial charge in [0.15, 0.2) is 9.34 Å². The molecule has 0 aliphatic heterocycles. The molecular weight excluding hydrogens is 326 g/mol. The van der Waals surface area contributed by atoms with Crippen LogP contribution >= 0.6 is 34.4 Å². The Morgan fingerprint density at radius 2 is 2.00 bits per heavy atom. The Balaban J connectivity index is 2.17. The fourth-order valence-corrected chi connectivity index (χ4v) is 3.69. The molecule has 106 valence electrons. The summed E-state index contributed by atoms with van der Waals surface area (Å²) in [6, 6.07) is 0. The van der Waals surface area contributed by atoms with Crippen LogP contribution in [0.15, 0.2) is 14.6 Å². The summed E-state index contributed by atoms with van der Waals surface area (Å²) in [5.74, 6) is 0.928. The highest BCUT2D eigenvalue weighted by atomic mass is 32.2. The first-order valence-electron chi connectivity index (χ1n) is 5.76. The molecule has 0 fully saturated rings. The molecule has 0 saturated heterocycles. The molecule has 2 aromatic rings. The molecule has 0 radical (unpaired) electrons. The third-order valence-corrected chi connectivity index (χ3v) is 5.05. The van der Waals surface area contributed by atoms with Crippen molar-refractivity contribution in [2.24, 2.45) is 10.2 Å². The summed E-state index contributed by atoms with van der Waals surface area (Å²) in [5.41, 5.74) is 0.656. The van der Waals surface area contributed by atoms with Crippen LogP contribution in [0.4, 0.5) is 10.1 Å². The van der Waals surface area contributed by atoms with Gasteiger partial charge in [0, 0.05) is 0 Å². The van der Waals surface area contributed by atoms with Gasteiger partial charge in [-0.2, -0.15) is 0 Å². The number of aryl methyl sites for hydroxylation is 1. The smallest absolute Gasteiger partial charge is 0.229 e. The molecule has 2 aromatic heterocycles. The third kappa shape index (κ3) is 3.82. The summed E-state index contributed by atoms with van der Waals surface area (Å²) < 4.78 is 0.856. The lowest BCUT2D eigenvalue weighted by Crippen LogP contribution is -1.84. The second kappa shape index (κ2) is 7.22. The van der Waals surface area contributed by atoms with Gasteiger partial charge in [-0.3, -0.25) is 0 Å². The van der Waals surface area contributed by atoms with E-state index in [-0.39, 0.29) is 0 Å². The molecule has 0 saturated carbocycles. The van der Waals surface area contributed by atoms with Crippen LogP contribution in [0, 0.1) is 20.1 Å². The van der Waals surface area contributed by atoms with Gasteiger partial charge < -0.3 is 0 Å². The zero-order chi connectivity index (χ0) is 15.2. The monoisotopic (exact) mass is 335 g/mol. The Bertz CT molecular complexity index is 720. The van der Waals surface area contributed by atoms with Crippen LogP contribution in [0.3, 0.4) is 0 Å². The molecule has 21 heavy (non-hydrogen) atoms. The average Bonchev–Trinajstić information content (AvgIpc) is 3.06. The maximum Gasteiger partial charge on any atom is 0.528 e. The van der Waals surface area contributed by atoms with Crippen LogP contribution in [0.25, 0.3) is 9.69 Å². The highest BCUT2D eigenvalue weighted by Gasteiger charge is 2.26. The Hall–Kier alpha value is -1.88. The first-order chi connectivity index (χ1) is 10.2. The van der Waals surface area contributed by atoms with Crippen molar-refractivity contribution in [3.05, 3.63) is 33.5 Å². The molecule has 0 aliphatic rings. The van der Waals surface area contributed by atoms with E-state index in [1.807, 2.05) is 6.92 Å². The van der Waals surface area contributed by atoms with Gasteiger partial charge in [0.2, 0.25) is 0 Å².